The lowest BCUT2D eigenvalue weighted by Gasteiger charge is -2.35. The summed E-state index contributed by atoms with van der Waals surface area (Å²) in [4.78, 5) is 21.2. The molecular weight excluding hydrogens is 344 g/mol. The van der Waals surface area contributed by atoms with Crippen LogP contribution in [0.2, 0.25) is 0 Å². The summed E-state index contributed by atoms with van der Waals surface area (Å²) < 4.78 is 5.93. The highest BCUT2D eigenvalue weighted by Gasteiger charge is 2.21. The predicted molar refractivity (Wildman–Crippen MR) is 104 cm³/mol. The molecule has 7 heteroatoms. The van der Waals surface area contributed by atoms with E-state index in [1.807, 2.05) is 24.3 Å². The predicted octanol–water partition coefficient (Wildman–Crippen LogP) is 3.24. The van der Waals surface area contributed by atoms with Gasteiger partial charge in [0.1, 0.15) is 22.7 Å². The number of anilines is 1. The third-order valence-electron chi connectivity index (χ3n) is 4.91. The molecule has 7 nitrogen and oxygen atoms in total. The highest BCUT2D eigenvalue weighted by Crippen LogP contribution is 2.31. The number of fused-ring (bicyclic) bond motifs is 1. The maximum atomic E-state index is 11.6. The fraction of sp³-hybridized carbons (Fsp3) is 0.300. The van der Waals surface area contributed by atoms with Gasteiger partial charge in [0.05, 0.1) is 6.20 Å². The van der Waals surface area contributed by atoms with Crippen molar-refractivity contribution in [3.05, 3.63) is 48.3 Å². The fourth-order valence-corrected chi connectivity index (χ4v) is 3.40. The molecule has 2 aromatic heterocycles. The van der Waals surface area contributed by atoms with Gasteiger partial charge < -0.3 is 25.0 Å². The standard InChI is InChI=1S/C20H22N4O3/c1-2-14-12-24(8-7-21-14)15-3-4-17(20(25)26)18(10-15)27-16-9-13-5-6-22-19(13)23-11-16/h3-6,9-11,14,21H,2,7-8,12H2,1H3,(H,22,23)(H,25,26). The Hall–Kier alpha value is -3.06. The van der Waals surface area contributed by atoms with Crippen LogP contribution < -0.4 is 15.0 Å². The van der Waals surface area contributed by atoms with E-state index in [4.69, 9.17) is 4.74 Å². The first-order valence-electron chi connectivity index (χ1n) is 9.10. The number of aromatic carboxylic acids is 1. The van der Waals surface area contributed by atoms with Crippen LogP contribution in [0.3, 0.4) is 0 Å². The normalized spacial score (nSPS) is 17.2. The van der Waals surface area contributed by atoms with Gasteiger partial charge in [0.15, 0.2) is 0 Å². The third-order valence-corrected chi connectivity index (χ3v) is 4.91. The van der Waals surface area contributed by atoms with Crippen LogP contribution in [0.5, 0.6) is 11.5 Å². The number of H-pyrrole nitrogens is 1. The molecule has 0 spiro atoms. The van der Waals surface area contributed by atoms with E-state index in [0.29, 0.717) is 17.5 Å². The van der Waals surface area contributed by atoms with Crippen molar-refractivity contribution in [1.29, 1.82) is 0 Å². The molecule has 3 N–H and O–H groups in total. The van der Waals surface area contributed by atoms with Crippen LogP contribution in [0.1, 0.15) is 23.7 Å². The molecule has 140 valence electrons. The molecule has 1 aliphatic heterocycles. The zero-order valence-corrected chi connectivity index (χ0v) is 15.1. The van der Waals surface area contributed by atoms with E-state index in [1.165, 1.54) is 0 Å². The molecule has 1 atom stereocenters. The van der Waals surface area contributed by atoms with Crippen molar-refractivity contribution in [3.8, 4) is 11.5 Å². The molecule has 0 aliphatic carbocycles. The Kier molecular flexibility index (Phi) is 4.68. The number of hydrogen-bond acceptors (Lipinski definition) is 5. The summed E-state index contributed by atoms with van der Waals surface area (Å²) in [7, 11) is 0. The first-order chi connectivity index (χ1) is 13.1. The second kappa shape index (κ2) is 7.28. The maximum absolute atomic E-state index is 11.6. The van der Waals surface area contributed by atoms with E-state index < -0.39 is 5.97 Å². The monoisotopic (exact) mass is 366 g/mol. The van der Waals surface area contributed by atoms with Gasteiger partial charge in [-0.2, -0.15) is 0 Å². The Morgan fingerprint density at radius 3 is 3.07 bits per heavy atom. The Morgan fingerprint density at radius 1 is 1.37 bits per heavy atom. The number of nitrogens with zero attached hydrogens (tertiary/aromatic N) is 2. The molecule has 3 heterocycles. The lowest BCUT2D eigenvalue weighted by atomic mass is 10.1. The van der Waals surface area contributed by atoms with E-state index in [2.05, 4.69) is 27.1 Å². The number of carbonyl (C=O) groups is 1. The minimum atomic E-state index is -1.01. The molecule has 1 unspecified atom stereocenters. The molecule has 0 saturated carbocycles. The number of pyridine rings is 1. The molecule has 27 heavy (non-hydrogen) atoms. The van der Waals surface area contributed by atoms with E-state index in [-0.39, 0.29) is 5.56 Å². The molecule has 1 aromatic carbocycles. The molecule has 1 fully saturated rings. The van der Waals surface area contributed by atoms with Crippen molar-refractivity contribution >= 4 is 22.7 Å². The Morgan fingerprint density at radius 2 is 2.26 bits per heavy atom. The van der Waals surface area contributed by atoms with Crippen LogP contribution in [0.15, 0.2) is 42.7 Å². The first kappa shape index (κ1) is 17.4. The van der Waals surface area contributed by atoms with Crippen LogP contribution in [-0.4, -0.2) is 46.7 Å². The number of carboxylic acids is 1. The van der Waals surface area contributed by atoms with Crippen molar-refractivity contribution in [1.82, 2.24) is 15.3 Å². The minimum absolute atomic E-state index is 0.134. The van der Waals surface area contributed by atoms with Crippen molar-refractivity contribution in [2.75, 3.05) is 24.5 Å². The number of rotatable bonds is 5. The van der Waals surface area contributed by atoms with Gasteiger partial charge in [0.2, 0.25) is 0 Å². The Bertz CT molecular complexity index is 969. The topological polar surface area (TPSA) is 90.5 Å². The summed E-state index contributed by atoms with van der Waals surface area (Å²) in [6.07, 6.45) is 4.45. The van der Waals surface area contributed by atoms with Crippen molar-refractivity contribution in [2.45, 2.75) is 19.4 Å². The molecule has 0 amide bonds. The summed E-state index contributed by atoms with van der Waals surface area (Å²) in [6, 6.07) is 9.44. The largest absolute Gasteiger partial charge is 0.478 e. The van der Waals surface area contributed by atoms with Gasteiger partial charge in [0.25, 0.3) is 0 Å². The van der Waals surface area contributed by atoms with Gasteiger partial charge in [-0.15, -0.1) is 0 Å². The molecule has 3 aromatic rings. The lowest BCUT2D eigenvalue weighted by Crippen LogP contribution is -2.50. The zero-order chi connectivity index (χ0) is 18.8. The summed E-state index contributed by atoms with van der Waals surface area (Å²) in [5, 5.41) is 13.9. The van der Waals surface area contributed by atoms with Crippen LogP contribution >= 0.6 is 0 Å². The number of nitrogens with one attached hydrogen (secondary N) is 2. The second-order valence-electron chi connectivity index (χ2n) is 6.68. The molecule has 0 bridgehead atoms. The van der Waals surface area contributed by atoms with Gasteiger partial charge in [-0.05, 0) is 30.7 Å². The third kappa shape index (κ3) is 3.59. The number of hydrogen-bond donors (Lipinski definition) is 3. The SMILES string of the molecule is CCC1CN(c2ccc(C(=O)O)c(Oc3cnc4[nH]ccc4c3)c2)CCN1. The fourth-order valence-electron chi connectivity index (χ4n) is 3.40. The molecular formula is C20H22N4O3. The minimum Gasteiger partial charge on any atom is -0.478 e. The van der Waals surface area contributed by atoms with Gasteiger partial charge >= 0.3 is 5.97 Å². The average Bonchev–Trinajstić information content (AvgIpc) is 3.15. The van der Waals surface area contributed by atoms with Crippen LogP contribution in [0, 0.1) is 0 Å². The van der Waals surface area contributed by atoms with Crippen LogP contribution in [0.25, 0.3) is 11.0 Å². The van der Waals surface area contributed by atoms with Crippen molar-refractivity contribution in [2.24, 2.45) is 0 Å². The van der Waals surface area contributed by atoms with Gasteiger partial charge in [-0.1, -0.05) is 6.92 Å². The van der Waals surface area contributed by atoms with Gasteiger partial charge in [-0.3, -0.25) is 0 Å². The Balaban J connectivity index is 1.65. The highest BCUT2D eigenvalue weighted by atomic mass is 16.5. The quantitative estimate of drug-likeness (QED) is 0.642. The number of benzene rings is 1. The molecule has 1 saturated heterocycles. The maximum Gasteiger partial charge on any atom is 0.339 e. The van der Waals surface area contributed by atoms with Crippen LogP contribution in [0.4, 0.5) is 5.69 Å². The summed E-state index contributed by atoms with van der Waals surface area (Å²) in [5.74, 6) is -0.185. The average molecular weight is 366 g/mol. The number of aromatic amines is 1. The number of piperazine rings is 1. The molecule has 0 radical (unpaired) electrons. The number of aromatic nitrogens is 2. The number of ether oxygens (including phenoxy) is 1. The summed E-state index contributed by atoms with van der Waals surface area (Å²) in [5.41, 5.74) is 1.86. The number of carboxylic acid groups (broad SMARTS) is 1. The zero-order valence-electron chi connectivity index (χ0n) is 15.1. The molecule has 4 rings (SSSR count). The first-order valence-corrected chi connectivity index (χ1v) is 9.10. The highest BCUT2D eigenvalue weighted by molar-refractivity contribution is 5.92. The second-order valence-corrected chi connectivity index (χ2v) is 6.68. The smallest absolute Gasteiger partial charge is 0.339 e. The summed E-state index contributed by atoms with van der Waals surface area (Å²) >= 11 is 0. The Labute approximate surface area is 157 Å². The van der Waals surface area contributed by atoms with Crippen LogP contribution in [-0.2, 0) is 0 Å². The van der Waals surface area contributed by atoms with Crippen molar-refractivity contribution in [3.63, 3.8) is 0 Å². The van der Waals surface area contributed by atoms with E-state index in [9.17, 15) is 9.90 Å². The van der Waals surface area contributed by atoms with E-state index in [0.717, 1.165) is 42.8 Å². The van der Waals surface area contributed by atoms with E-state index >= 15 is 0 Å². The van der Waals surface area contributed by atoms with E-state index in [1.54, 1.807) is 18.5 Å². The van der Waals surface area contributed by atoms with Gasteiger partial charge in [0, 0.05) is 49.0 Å². The molecule has 1 aliphatic rings. The summed E-state index contributed by atoms with van der Waals surface area (Å²) in [6.45, 7) is 4.83. The van der Waals surface area contributed by atoms with Gasteiger partial charge in [-0.25, -0.2) is 9.78 Å². The lowest BCUT2D eigenvalue weighted by molar-refractivity contribution is 0.0694. The van der Waals surface area contributed by atoms with Crippen molar-refractivity contribution < 1.29 is 14.6 Å².